The summed E-state index contributed by atoms with van der Waals surface area (Å²) < 4.78 is 32.1. The number of hydrogen-bond acceptors (Lipinski definition) is 6. The van der Waals surface area contributed by atoms with Crippen LogP contribution in [0.15, 0.2) is 53.7 Å². The Morgan fingerprint density at radius 1 is 1.26 bits per heavy atom. The van der Waals surface area contributed by atoms with Crippen LogP contribution in [0.25, 0.3) is 16.9 Å². The molecular formula is C21H19F2N5O3. The molecule has 3 aromatic rings. The molecule has 160 valence electrons. The highest BCUT2D eigenvalue weighted by Gasteiger charge is 2.28. The van der Waals surface area contributed by atoms with E-state index in [-0.39, 0.29) is 28.9 Å². The predicted octanol–water partition coefficient (Wildman–Crippen LogP) is 2.39. The van der Waals surface area contributed by atoms with Gasteiger partial charge in [-0.1, -0.05) is 6.92 Å². The first kappa shape index (κ1) is 20.7. The van der Waals surface area contributed by atoms with E-state index in [1.807, 2.05) is 6.92 Å². The molecule has 10 heteroatoms. The van der Waals surface area contributed by atoms with Crippen molar-refractivity contribution in [2.75, 3.05) is 13.2 Å². The molecule has 0 aliphatic carbocycles. The summed E-state index contributed by atoms with van der Waals surface area (Å²) in [5, 5.41) is 7.14. The summed E-state index contributed by atoms with van der Waals surface area (Å²) in [5.41, 5.74) is -0.161. The molecule has 31 heavy (non-hydrogen) atoms. The average Bonchev–Trinajstić information content (AvgIpc) is 3.18. The van der Waals surface area contributed by atoms with Crippen molar-refractivity contribution in [1.29, 1.82) is 0 Å². The van der Waals surface area contributed by atoms with Crippen LogP contribution in [-0.2, 0) is 4.74 Å². The lowest BCUT2D eigenvalue weighted by atomic mass is 10.1. The van der Waals surface area contributed by atoms with Crippen molar-refractivity contribution in [2.24, 2.45) is 5.92 Å². The fraction of sp³-hybridized carbons (Fsp3) is 0.286. The van der Waals surface area contributed by atoms with E-state index < -0.39 is 17.9 Å². The highest BCUT2D eigenvalue weighted by atomic mass is 19.3. The van der Waals surface area contributed by atoms with Crippen LogP contribution in [0, 0.1) is 5.92 Å². The van der Waals surface area contributed by atoms with Gasteiger partial charge in [-0.05, 0) is 30.3 Å². The Morgan fingerprint density at radius 2 is 2.10 bits per heavy atom. The van der Waals surface area contributed by atoms with E-state index in [0.29, 0.717) is 24.5 Å². The lowest BCUT2D eigenvalue weighted by Crippen LogP contribution is -2.42. The molecule has 0 saturated carbocycles. The molecular weight excluding hydrogens is 408 g/mol. The van der Waals surface area contributed by atoms with Gasteiger partial charge in [0.1, 0.15) is 11.3 Å². The summed E-state index contributed by atoms with van der Waals surface area (Å²) in [4.78, 5) is 33.7. The van der Waals surface area contributed by atoms with Crippen LogP contribution in [-0.4, -0.2) is 44.9 Å². The van der Waals surface area contributed by atoms with Crippen molar-refractivity contribution >= 4 is 5.91 Å². The molecule has 1 aliphatic heterocycles. The third-order valence-electron chi connectivity index (χ3n) is 5.03. The van der Waals surface area contributed by atoms with Crippen LogP contribution in [0.2, 0.25) is 0 Å². The summed E-state index contributed by atoms with van der Waals surface area (Å²) in [7, 11) is 0. The monoisotopic (exact) mass is 427 g/mol. The summed E-state index contributed by atoms with van der Waals surface area (Å²) >= 11 is 0. The summed E-state index contributed by atoms with van der Waals surface area (Å²) in [6.45, 7) is 2.83. The Bertz CT molecular complexity index is 1140. The first-order valence-corrected chi connectivity index (χ1v) is 9.62. The van der Waals surface area contributed by atoms with Crippen molar-refractivity contribution in [3.8, 4) is 16.9 Å². The molecule has 0 radical (unpaired) electrons. The number of carbonyl (C=O) groups is 1. The second-order valence-electron chi connectivity index (χ2n) is 7.24. The van der Waals surface area contributed by atoms with E-state index in [0.717, 1.165) is 4.68 Å². The number of aromatic nitrogens is 4. The fourth-order valence-electron chi connectivity index (χ4n) is 3.23. The van der Waals surface area contributed by atoms with Crippen molar-refractivity contribution in [1.82, 2.24) is 25.1 Å². The maximum absolute atomic E-state index is 13.1. The van der Waals surface area contributed by atoms with E-state index >= 15 is 0 Å². The van der Waals surface area contributed by atoms with Crippen molar-refractivity contribution in [3.05, 3.63) is 70.5 Å². The topological polar surface area (TPSA) is 99.0 Å². The van der Waals surface area contributed by atoms with Gasteiger partial charge in [-0.15, -0.1) is 0 Å². The number of nitrogens with one attached hydrogen (secondary N) is 1. The van der Waals surface area contributed by atoms with Crippen molar-refractivity contribution < 1.29 is 18.3 Å². The summed E-state index contributed by atoms with van der Waals surface area (Å²) in [5.74, 6) is -0.456. The molecule has 4 rings (SSSR count). The predicted molar refractivity (Wildman–Crippen MR) is 107 cm³/mol. The van der Waals surface area contributed by atoms with Gasteiger partial charge in [0.25, 0.3) is 17.9 Å². The van der Waals surface area contributed by atoms with E-state index in [1.165, 1.54) is 30.6 Å². The molecule has 3 aromatic heterocycles. The SMILES string of the molecule is CC1COCC1NC(=O)c1cc(-c2ccc(C(F)F)nc2)nn(-c2cccnc2)c1=O. The smallest absolute Gasteiger partial charge is 0.284 e. The number of pyridine rings is 2. The number of halogens is 2. The third kappa shape index (κ3) is 4.33. The second kappa shape index (κ2) is 8.68. The summed E-state index contributed by atoms with van der Waals surface area (Å²) in [6, 6.07) is 6.97. The van der Waals surface area contributed by atoms with Gasteiger partial charge in [-0.3, -0.25) is 19.6 Å². The zero-order valence-corrected chi connectivity index (χ0v) is 16.5. The molecule has 1 amide bonds. The number of nitrogens with zero attached hydrogens (tertiary/aromatic N) is 4. The van der Waals surface area contributed by atoms with E-state index in [4.69, 9.17) is 4.74 Å². The van der Waals surface area contributed by atoms with E-state index in [9.17, 15) is 18.4 Å². The number of amides is 1. The third-order valence-corrected chi connectivity index (χ3v) is 5.03. The fourth-order valence-corrected chi connectivity index (χ4v) is 3.23. The molecule has 2 unspecified atom stereocenters. The lowest BCUT2D eigenvalue weighted by molar-refractivity contribution is 0.0924. The standard InChI is InChI=1S/C21H19F2N5O3/c1-12-10-31-11-18(12)26-20(29)15-7-17(13-4-5-16(19(22)23)25-8-13)27-28(21(15)30)14-3-2-6-24-9-14/h2-9,12,18-19H,10-11H2,1H3,(H,26,29). The zero-order chi connectivity index (χ0) is 22.0. The maximum atomic E-state index is 13.1. The van der Waals surface area contributed by atoms with Gasteiger partial charge in [0.15, 0.2) is 0 Å². The minimum atomic E-state index is -2.71. The Hall–Kier alpha value is -3.53. The van der Waals surface area contributed by atoms with Crippen LogP contribution >= 0.6 is 0 Å². The van der Waals surface area contributed by atoms with Gasteiger partial charge in [0, 0.05) is 23.9 Å². The Labute approximate surface area is 175 Å². The first-order chi connectivity index (χ1) is 14.9. The maximum Gasteiger partial charge on any atom is 0.284 e. The number of ether oxygens (including phenoxy) is 1. The Morgan fingerprint density at radius 3 is 2.71 bits per heavy atom. The molecule has 8 nitrogen and oxygen atoms in total. The van der Waals surface area contributed by atoms with Crippen LogP contribution in [0.5, 0.6) is 0 Å². The zero-order valence-electron chi connectivity index (χ0n) is 16.5. The minimum Gasteiger partial charge on any atom is -0.379 e. The Kier molecular flexibility index (Phi) is 5.81. The molecule has 0 bridgehead atoms. The quantitative estimate of drug-likeness (QED) is 0.671. The lowest BCUT2D eigenvalue weighted by Gasteiger charge is -2.16. The molecule has 1 fully saturated rings. The van der Waals surface area contributed by atoms with Crippen molar-refractivity contribution in [3.63, 3.8) is 0 Å². The molecule has 4 heterocycles. The molecule has 0 aromatic carbocycles. The number of rotatable bonds is 5. The highest BCUT2D eigenvalue weighted by Crippen LogP contribution is 2.21. The molecule has 0 spiro atoms. The molecule has 1 aliphatic rings. The van der Waals surface area contributed by atoms with Crippen LogP contribution < -0.4 is 10.9 Å². The van der Waals surface area contributed by atoms with Gasteiger partial charge in [0.2, 0.25) is 0 Å². The van der Waals surface area contributed by atoms with E-state index in [1.54, 1.807) is 18.3 Å². The van der Waals surface area contributed by atoms with E-state index in [2.05, 4.69) is 20.4 Å². The van der Waals surface area contributed by atoms with Gasteiger partial charge >= 0.3 is 0 Å². The highest BCUT2D eigenvalue weighted by molar-refractivity contribution is 5.95. The van der Waals surface area contributed by atoms with Crippen LogP contribution in [0.4, 0.5) is 8.78 Å². The van der Waals surface area contributed by atoms with Gasteiger partial charge in [-0.25, -0.2) is 8.78 Å². The van der Waals surface area contributed by atoms with Crippen LogP contribution in [0.3, 0.4) is 0 Å². The first-order valence-electron chi connectivity index (χ1n) is 9.62. The van der Waals surface area contributed by atoms with Crippen LogP contribution in [0.1, 0.15) is 29.4 Å². The normalized spacial score (nSPS) is 18.3. The number of alkyl halides is 2. The second-order valence-corrected chi connectivity index (χ2v) is 7.24. The van der Waals surface area contributed by atoms with Gasteiger partial charge in [0.05, 0.1) is 36.8 Å². The molecule has 2 atom stereocenters. The van der Waals surface area contributed by atoms with Gasteiger partial charge in [-0.2, -0.15) is 9.78 Å². The minimum absolute atomic E-state index is 0.108. The largest absolute Gasteiger partial charge is 0.379 e. The molecule has 1 N–H and O–H groups in total. The Balaban J connectivity index is 1.79. The number of carbonyl (C=O) groups excluding carboxylic acids is 1. The van der Waals surface area contributed by atoms with Crippen molar-refractivity contribution in [2.45, 2.75) is 19.4 Å². The number of hydrogen-bond donors (Lipinski definition) is 1. The average molecular weight is 427 g/mol. The van der Waals surface area contributed by atoms with Gasteiger partial charge < -0.3 is 10.1 Å². The summed E-state index contributed by atoms with van der Waals surface area (Å²) in [6.07, 6.45) is 1.50. The molecule has 1 saturated heterocycles.